The summed E-state index contributed by atoms with van der Waals surface area (Å²) in [5.74, 6) is 4.56. The van der Waals surface area contributed by atoms with E-state index >= 15 is 0 Å². The third kappa shape index (κ3) is 2.31. The summed E-state index contributed by atoms with van der Waals surface area (Å²) in [5, 5.41) is 3.89. The van der Waals surface area contributed by atoms with E-state index in [1.165, 1.54) is 38.6 Å². The number of allylic oxidation sites excluding steroid dienone is 2. The predicted octanol–water partition coefficient (Wildman–Crippen LogP) is 3.61. The van der Waals surface area contributed by atoms with Gasteiger partial charge in [-0.3, -0.25) is 0 Å². The molecule has 2 bridgehead atoms. The number of hydrogen-bond acceptors (Lipinski definition) is 1. The van der Waals surface area contributed by atoms with Crippen molar-refractivity contribution in [3.8, 4) is 0 Å². The van der Waals surface area contributed by atoms with Gasteiger partial charge in [-0.2, -0.15) is 0 Å². The Morgan fingerprint density at radius 3 is 2.71 bits per heavy atom. The zero-order valence-corrected chi connectivity index (χ0v) is 11.4. The van der Waals surface area contributed by atoms with Crippen LogP contribution in [0.15, 0.2) is 12.2 Å². The quantitative estimate of drug-likeness (QED) is 0.734. The molecule has 6 atom stereocenters. The molecule has 0 aromatic carbocycles. The van der Waals surface area contributed by atoms with Gasteiger partial charge in [-0.15, -0.1) is 0 Å². The van der Waals surface area contributed by atoms with Crippen LogP contribution in [-0.2, 0) is 0 Å². The van der Waals surface area contributed by atoms with E-state index in [-0.39, 0.29) is 0 Å². The summed E-state index contributed by atoms with van der Waals surface area (Å²) in [6, 6.07) is 0.793. The molecule has 0 radical (unpaired) electrons. The molecule has 0 aromatic heterocycles. The van der Waals surface area contributed by atoms with Gasteiger partial charge in [0.05, 0.1) is 0 Å². The van der Waals surface area contributed by atoms with Gasteiger partial charge in [0, 0.05) is 6.04 Å². The van der Waals surface area contributed by atoms with E-state index in [2.05, 4.69) is 31.3 Å². The van der Waals surface area contributed by atoms with Crippen molar-refractivity contribution < 1.29 is 0 Å². The molecule has 0 spiro atoms. The van der Waals surface area contributed by atoms with Gasteiger partial charge in [0.25, 0.3) is 0 Å². The molecule has 0 aromatic rings. The molecular weight excluding hydrogens is 206 g/mol. The first-order valence-electron chi connectivity index (χ1n) is 7.65. The van der Waals surface area contributed by atoms with Crippen LogP contribution in [0.2, 0.25) is 0 Å². The van der Waals surface area contributed by atoms with Crippen LogP contribution in [0.3, 0.4) is 0 Å². The monoisotopic (exact) mass is 233 g/mol. The fourth-order valence-corrected chi connectivity index (χ4v) is 4.30. The zero-order valence-electron chi connectivity index (χ0n) is 11.4. The normalized spacial score (nSPS) is 48.8. The van der Waals surface area contributed by atoms with Gasteiger partial charge in [0.1, 0.15) is 0 Å². The average Bonchev–Trinajstić information content (AvgIpc) is 2.93. The fourth-order valence-electron chi connectivity index (χ4n) is 4.30. The van der Waals surface area contributed by atoms with Gasteiger partial charge < -0.3 is 5.32 Å². The number of hydrogen-bond donors (Lipinski definition) is 1. The molecule has 6 unspecified atom stereocenters. The molecule has 0 saturated heterocycles. The molecule has 96 valence electrons. The van der Waals surface area contributed by atoms with Crippen molar-refractivity contribution >= 4 is 0 Å². The third-order valence-corrected chi connectivity index (χ3v) is 5.77. The van der Waals surface area contributed by atoms with Gasteiger partial charge in [0.15, 0.2) is 0 Å². The average molecular weight is 233 g/mol. The van der Waals surface area contributed by atoms with Crippen molar-refractivity contribution in [3.05, 3.63) is 12.2 Å². The molecule has 2 saturated carbocycles. The van der Waals surface area contributed by atoms with Crippen molar-refractivity contribution in [1.29, 1.82) is 0 Å². The molecule has 2 fully saturated rings. The molecule has 1 heteroatoms. The van der Waals surface area contributed by atoms with Crippen LogP contribution in [0.1, 0.15) is 46.0 Å². The van der Waals surface area contributed by atoms with Crippen molar-refractivity contribution in [2.24, 2.45) is 29.6 Å². The van der Waals surface area contributed by atoms with Crippen LogP contribution in [0.25, 0.3) is 0 Å². The highest BCUT2D eigenvalue weighted by molar-refractivity contribution is 5.10. The first kappa shape index (κ1) is 11.8. The lowest BCUT2D eigenvalue weighted by Gasteiger charge is -2.36. The third-order valence-electron chi connectivity index (χ3n) is 5.77. The molecule has 3 aliphatic carbocycles. The van der Waals surface area contributed by atoms with Crippen LogP contribution in [0.5, 0.6) is 0 Å². The van der Waals surface area contributed by atoms with Gasteiger partial charge in [-0.05, 0) is 55.4 Å². The summed E-state index contributed by atoms with van der Waals surface area (Å²) in [6.45, 7) is 6.15. The largest absolute Gasteiger partial charge is 0.313 e. The molecule has 3 aliphatic rings. The van der Waals surface area contributed by atoms with Crippen LogP contribution in [0.4, 0.5) is 0 Å². The molecule has 0 amide bonds. The highest BCUT2D eigenvalue weighted by Gasteiger charge is 2.36. The Kier molecular flexibility index (Phi) is 3.30. The van der Waals surface area contributed by atoms with Crippen molar-refractivity contribution in [1.82, 2.24) is 5.32 Å². The molecule has 1 N–H and O–H groups in total. The van der Waals surface area contributed by atoms with E-state index < -0.39 is 0 Å². The first-order valence-corrected chi connectivity index (χ1v) is 7.65. The van der Waals surface area contributed by atoms with Gasteiger partial charge >= 0.3 is 0 Å². The molecule has 17 heavy (non-hydrogen) atoms. The Bertz CT molecular complexity index is 296. The van der Waals surface area contributed by atoms with Gasteiger partial charge in [-0.25, -0.2) is 0 Å². The van der Waals surface area contributed by atoms with Crippen LogP contribution < -0.4 is 5.32 Å². The van der Waals surface area contributed by atoms with E-state index in [0.717, 1.165) is 35.6 Å². The summed E-state index contributed by atoms with van der Waals surface area (Å²) in [4.78, 5) is 0. The number of nitrogens with one attached hydrogen (secondary N) is 1. The Morgan fingerprint density at radius 2 is 2.00 bits per heavy atom. The number of rotatable bonds is 3. The SMILES string of the molecule is CC1CCCC(NCC2CC3C=CC2C3)C1C. The Balaban J connectivity index is 1.49. The Labute approximate surface area is 106 Å². The van der Waals surface area contributed by atoms with Crippen molar-refractivity contribution in [3.63, 3.8) is 0 Å². The smallest absolute Gasteiger partial charge is 0.00953 e. The van der Waals surface area contributed by atoms with Crippen molar-refractivity contribution in [2.75, 3.05) is 6.54 Å². The minimum atomic E-state index is 0.793. The second kappa shape index (κ2) is 4.76. The summed E-state index contributed by atoms with van der Waals surface area (Å²) < 4.78 is 0. The maximum Gasteiger partial charge on any atom is 0.00953 e. The maximum atomic E-state index is 3.89. The fraction of sp³-hybridized carbons (Fsp3) is 0.875. The van der Waals surface area contributed by atoms with E-state index in [0.29, 0.717) is 0 Å². The topological polar surface area (TPSA) is 12.0 Å². The minimum absolute atomic E-state index is 0.793. The highest BCUT2D eigenvalue weighted by Crippen LogP contribution is 2.43. The van der Waals surface area contributed by atoms with Gasteiger partial charge in [-0.1, -0.05) is 38.8 Å². The summed E-state index contributed by atoms with van der Waals surface area (Å²) >= 11 is 0. The van der Waals surface area contributed by atoms with E-state index in [9.17, 15) is 0 Å². The molecule has 3 rings (SSSR count). The van der Waals surface area contributed by atoms with Crippen LogP contribution in [0, 0.1) is 29.6 Å². The standard InChI is InChI=1S/C16H27N/c1-11-4-3-5-16(12(11)2)17-10-15-9-13-6-7-14(15)8-13/h6-7,11-17H,3-5,8-10H2,1-2H3. The molecule has 1 nitrogen and oxygen atoms in total. The first-order chi connectivity index (χ1) is 8.24. The Morgan fingerprint density at radius 1 is 1.12 bits per heavy atom. The lowest BCUT2D eigenvalue weighted by atomic mass is 9.78. The van der Waals surface area contributed by atoms with Gasteiger partial charge in [0.2, 0.25) is 0 Å². The van der Waals surface area contributed by atoms with E-state index in [1.54, 1.807) is 0 Å². The number of fused-ring (bicyclic) bond motifs is 2. The van der Waals surface area contributed by atoms with Crippen LogP contribution >= 0.6 is 0 Å². The predicted molar refractivity (Wildman–Crippen MR) is 72.8 cm³/mol. The second-order valence-electron chi connectivity index (χ2n) is 6.82. The zero-order chi connectivity index (χ0) is 11.8. The summed E-state index contributed by atoms with van der Waals surface area (Å²) in [6.07, 6.45) is 12.1. The lowest BCUT2D eigenvalue weighted by Crippen LogP contribution is -2.43. The molecular formula is C16H27N. The minimum Gasteiger partial charge on any atom is -0.313 e. The van der Waals surface area contributed by atoms with E-state index in [1.807, 2.05) is 0 Å². The van der Waals surface area contributed by atoms with Crippen LogP contribution in [-0.4, -0.2) is 12.6 Å². The second-order valence-corrected chi connectivity index (χ2v) is 6.82. The van der Waals surface area contributed by atoms with E-state index in [4.69, 9.17) is 0 Å². The molecule has 0 heterocycles. The lowest BCUT2D eigenvalue weighted by molar-refractivity contribution is 0.198. The summed E-state index contributed by atoms with van der Waals surface area (Å²) in [5.41, 5.74) is 0. The summed E-state index contributed by atoms with van der Waals surface area (Å²) in [7, 11) is 0. The highest BCUT2D eigenvalue weighted by atomic mass is 14.9. The maximum absolute atomic E-state index is 3.89. The molecule has 0 aliphatic heterocycles. The Hall–Kier alpha value is -0.300. The van der Waals surface area contributed by atoms with Crippen molar-refractivity contribution in [2.45, 2.75) is 52.0 Å².